The molecular weight excluding hydrogens is 390 g/mol. The maximum absolute atomic E-state index is 12.3. The van der Waals surface area contributed by atoms with E-state index in [0.717, 1.165) is 42.5 Å². The second-order valence-electron chi connectivity index (χ2n) is 8.00. The fourth-order valence-electron chi connectivity index (χ4n) is 3.78. The van der Waals surface area contributed by atoms with E-state index in [-0.39, 0.29) is 24.2 Å². The summed E-state index contributed by atoms with van der Waals surface area (Å²) >= 11 is 0. The van der Waals surface area contributed by atoms with E-state index in [1.165, 1.54) is 6.42 Å². The summed E-state index contributed by atoms with van der Waals surface area (Å²) in [6.45, 7) is 2.62. The van der Waals surface area contributed by atoms with Crippen LogP contribution in [0.5, 0.6) is 5.75 Å². The summed E-state index contributed by atoms with van der Waals surface area (Å²) in [6.07, 6.45) is 5.59. The molecule has 1 saturated carbocycles. The highest BCUT2D eigenvalue weighted by Gasteiger charge is 2.20. The van der Waals surface area contributed by atoms with Crippen LogP contribution in [0.1, 0.15) is 55.2 Å². The molecule has 0 unspecified atom stereocenters. The van der Waals surface area contributed by atoms with Crippen molar-refractivity contribution in [2.45, 2.75) is 52.1 Å². The third kappa shape index (κ3) is 6.85. The van der Waals surface area contributed by atoms with Gasteiger partial charge in [0.15, 0.2) is 0 Å². The number of nitrogens with one attached hydrogen (secondary N) is 2. The van der Waals surface area contributed by atoms with Crippen LogP contribution in [-0.4, -0.2) is 18.4 Å². The first-order valence-electron chi connectivity index (χ1n) is 10.8. The van der Waals surface area contributed by atoms with E-state index in [1.807, 2.05) is 37.3 Å². The third-order valence-corrected chi connectivity index (χ3v) is 5.56. The lowest BCUT2D eigenvalue weighted by Crippen LogP contribution is -2.34. The van der Waals surface area contributed by atoms with Gasteiger partial charge in [-0.1, -0.05) is 31.4 Å². The quantitative estimate of drug-likeness (QED) is 0.660. The smallest absolute Gasteiger partial charge is 0.226 e. The number of benzene rings is 2. The lowest BCUT2D eigenvalue weighted by atomic mass is 9.89. The second kappa shape index (κ2) is 11.2. The van der Waals surface area contributed by atoms with E-state index in [2.05, 4.69) is 16.7 Å². The molecule has 6 nitrogen and oxygen atoms in total. The van der Waals surface area contributed by atoms with E-state index >= 15 is 0 Å². The summed E-state index contributed by atoms with van der Waals surface area (Å²) in [5.74, 6) is 0.742. The van der Waals surface area contributed by atoms with Crippen molar-refractivity contribution >= 4 is 17.5 Å². The molecule has 2 aromatic rings. The summed E-state index contributed by atoms with van der Waals surface area (Å²) < 4.78 is 5.81. The minimum atomic E-state index is -0.131. The number of hydrogen-bond acceptors (Lipinski definition) is 4. The van der Waals surface area contributed by atoms with Crippen LogP contribution in [0.15, 0.2) is 42.5 Å². The van der Waals surface area contributed by atoms with Crippen LogP contribution in [0.3, 0.4) is 0 Å². The van der Waals surface area contributed by atoms with Crippen LogP contribution in [-0.2, 0) is 16.2 Å². The average molecular weight is 420 g/mol. The molecule has 1 fully saturated rings. The van der Waals surface area contributed by atoms with E-state index in [4.69, 9.17) is 10.00 Å². The van der Waals surface area contributed by atoms with E-state index in [9.17, 15) is 9.59 Å². The van der Waals surface area contributed by atoms with Gasteiger partial charge in [-0.25, -0.2) is 0 Å². The molecule has 3 rings (SSSR count). The Morgan fingerprint density at radius 2 is 1.94 bits per heavy atom. The average Bonchev–Trinajstić information content (AvgIpc) is 2.80. The number of rotatable bonds is 8. The number of carbonyl (C=O) groups is 2. The summed E-state index contributed by atoms with van der Waals surface area (Å²) in [4.78, 5) is 24.4. The molecule has 6 heteroatoms. The monoisotopic (exact) mass is 419 g/mol. The molecule has 2 amide bonds. The normalized spacial score (nSPS) is 13.8. The first-order chi connectivity index (χ1) is 15.0. The minimum Gasteiger partial charge on any atom is -0.489 e. The van der Waals surface area contributed by atoms with Gasteiger partial charge in [0.1, 0.15) is 12.4 Å². The van der Waals surface area contributed by atoms with Crippen LogP contribution in [0.25, 0.3) is 0 Å². The maximum Gasteiger partial charge on any atom is 0.226 e. The van der Waals surface area contributed by atoms with Crippen LogP contribution < -0.4 is 15.4 Å². The molecule has 0 radical (unpaired) electrons. The number of nitriles is 1. The van der Waals surface area contributed by atoms with E-state index < -0.39 is 0 Å². The number of carbonyl (C=O) groups excluding carboxylic acids is 2. The lowest BCUT2D eigenvalue weighted by molar-refractivity contribution is -0.126. The summed E-state index contributed by atoms with van der Waals surface area (Å²) in [7, 11) is 0. The van der Waals surface area contributed by atoms with Gasteiger partial charge in [-0.15, -0.1) is 0 Å². The fourth-order valence-corrected chi connectivity index (χ4v) is 3.78. The lowest BCUT2D eigenvalue weighted by Gasteiger charge is -2.20. The number of amides is 2. The zero-order chi connectivity index (χ0) is 22.1. The first-order valence-corrected chi connectivity index (χ1v) is 10.8. The molecule has 0 bridgehead atoms. The highest BCUT2D eigenvalue weighted by molar-refractivity contribution is 5.92. The largest absolute Gasteiger partial charge is 0.489 e. The Morgan fingerprint density at radius 1 is 1.13 bits per heavy atom. The zero-order valence-corrected chi connectivity index (χ0v) is 17.9. The summed E-state index contributed by atoms with van der Waals surface area (Å²) in [5.41, 5.74) is 3.14. The van der Waals surface area contributed by atoms with Crippen molar-refractivity contribution < 1.29 is 14.3 Å². The molecule has 1 aliphatic carbocycles. The molecule has 0 saturated heterocycles. The van der Waals surface area contributed by atoms with Gasteiger partial charge in [-0.3, -0.25) is 9.59 Å². The van der Waals surface area contributed by atoms with E-state index in [0.29, 0.717) is 24.5 Å². The molecular formula is C25H29N3O3. The van der Waals surface area contributed by atoms with Crippen molar-refractivity contribution in [3.63, 3.8) is 0 Å². The van der Waals surface area contributed by atoms with Crippen molar-refractivity contribution in [3.8, 4) is 11.8 Å². The third-order valence-electron chi connectivity index (χ3n) is 5.56. The van der Waals surface area contributed by atoms with Crippen LogP contribution in [0, 0.1) is 24.2 Å². The number of nitrogens with zero attached hydrogens (tertiary/aromatic N) is 1. The topological polar surface area (TPSA) is 91.2 Å². The fraction of sp³-hybridized carbons (Fsp3) is 0.400. The van der Waals surface area contributed by atoms with Gasteiger partial charge in [0.05, 0.1) is 11.6 Å². The zero-order valence-electron chi connectivity index (χ0n) is 17.9. The van der Waals surface area contributed by atoms with Crippen molar-refractivity contribution in [2.75, 3.05) is 11.9 Å². The van der Waals surface area contributed by atoms with Crippen LogP contribution in [0.2, 0.25) is 0 Å². The summed E-state index contributed by atoms with van der Waals surface area (Å²) in [5, 5.41) is 14.8. The number of anilines is 1. The van der Waals surface area contributed by atoms with Gasteiger partial charge < -0.3 is 15.4 Å². The molecule has 0 aliphatic heterocycles. The molecule has 31 heavy (non-hydrogen) atoms. The molecule has 162 valence electrons. The van der Waals surface area contributed by atoms with Crippen molar-refractivity contribution in [3.05, 3.63) is 59.2 Å². The highest BCUT2D eigenvalue weighted by Crippen LogP contribution is 2.24. The summed E-state index contributed by atoms with van der Waals surface area (Å²) in [6, 6.07) is 14.9. The molecule has 1 aliphatic rings. The Bertz CT molecular complexity index is 959. The first kappa shape index (κ1) is 22.4. The van der Waals surface area contributed by atoms with Gasteiger partial charge >= 0.3 is 0 Å². The molecule has 0 heterocycles. The predicted octanol–water partition coefficient (Wildman–Crippen LogP) is 4.47. The number of aryl methyl sites for hydroxylation is 1. The van der Waals surface area contributed by atoms with Gasteiger partial charge in [-0.05, 0) is 61.2 Å². The van der Waals surface area contributed by atoms with Crippen molar-refractivity contribution in [1.82, 2.24) is 5.32 Å². The maximum atomic E-state index is 12.3. The Labute approximate surface area is 183 Å². The Morgan fingerprint density at radius 3 is 2.68 bits per heavy atom. The van der Waals surface area contributed by atoms with Crippen LogP contribution >= 0.6 is 0 Å². The minimum absolute atomic E-state index is 0.0745. The van der Waals surface area contributed by atoms with Crippen molar-refractivity contribution in [1.29, 1.82) is 5.26 Å². The Kier molecular flexibility index (Phi) is 8.05. The van der Waals surface area contributed by atoms with E-state index in [1.54, 1.807) is 12.1 Å². The highest BCUT2D eigenvalue weighted by atomic mass is 16.5. The number of hydrogen-bond donors (Lipinski definition) is 2. The standard InChI is InChI=1S/C25H29N3O3/c1-18-14-22(31-17-20-7-5-6-19(15-20)16-26)10-11-23(18)28-24(29)12-13-27-25(30)21-8-3-2-4-9-21/h5-7,10-11,14-15,21H,2-4,8-9,12-13,17H2,1H3,(H,27,30)(H,28,29). The van der Waals surface area contributed by atoms with Crippen molar-refractivity contribution in [2.24, 2.45) is 5.92 Å². The second-order valence-corrected chi connectivity index (χ2v) is 8.00. The van der Waals surface area contributed by atoms with Gasteiger partial charge in [0.25, 0.3) is 0 Å². The molecule has 0 aromatic heterocycles. The van der Waals surface area contributed by atoms with Gasteiger partial charge in [0.2, 0.25) is 11.8 Å². The molecule has 2 aromatic carbocycles. The SMILES string of the molecule is Cc1cc(OCc2cccc(C#N)c2)ccc1NC(=O)CCNC(=O)C1CCCCC1. The number of ether oxygens (including phenoxy) is 1. The van der Waals surface area contributed by atoms with Gasteiger partial charge in [0, 0.05) is 24.6 Å². The van der Waals surface area contributed by atoms with Crippen LogP contribution in [0.4, 0.5) is 5.69 Å². The Hall–Kier alpha value is -3.33. The molecule has 0 spiro atoms. The molecule has 2 N–H and O–H groups in total. The van der Waals surface area contributed by atoms with Gasteiger partial charge in [-0.2, -0.15) is 5.26 Å². The predicted molar refractivity (Wildman–Crippen MR) is 119 cm³/mol. The Balaban J connectivity index is 1.44. The molecule has 0 atom stereocenters.